The predicted molar refractivity (Wildman–Crippen MR) is 129 cm³/mol. The van der Waals surface area contributed by atoms with Gasteiger partial charge < -0.3 is 29.7 Å². The van der Waals surface area contributed by atoms with Gasteiger partial charge in [-0.3, -0.25) is 9.79 Å². The summed E-state index contributed by atoms with van der Waals surface area (Å²) in [6.45, 7) is 1.09. The minimum atomic E-state index is -0.353. The van der Waals surface area contributed by atoms with Crippen molar-refractivity contribution in [3.05, 3.63) is 17.7 Å². The summed E-state index contributed by atoms with van der Waals surface area (Å²) in [5, 5.41) is 6.64. The Labute approximate surface area is 196 Å². The van der Waals surface area contributed by atoms with E-state index < -0.39 is 0 Å². The largest absolute Gasteiger partial charge is 0.493 e. The van der Waals surface area contributed by atoms with Gasteiger partial charge in [-0.2, -0.15) is 0 Å². The fourth-order valence-corrected chi connectivity index (χ4v) is 3.89. The van der Waals surface area contributed by atoms with Gasteiger partial charge in [-0.1, -0.05) is 12.8 Å². The number of benzene rings is 1. The summed E-state index contributed by atoms with van der Waals surface area (Å²) >= 11 is 0. The number of carbonyl (C=O) groups is 1. The molecule has 0 radical (unpaired) electrons. The Hall–Kier alpha value is -1.91. The molecule has 0 aromatic heterocycles. The molecule has 30 heavy (non-hydrogen) atoms. The van der Waals surface area contributed by atoms with Gasteiger partial charge in [0.05, 0.1) is 26.7 Å². The summed E-state index contributed by atoms with van der Waals surface area (Å²) in [4.78, 5) is 18.7. The van der Waals surface area contributed by atoms with Crippen LogP contribution < -0.4 is 24.8 Å². The summed E-state index contributed by atoms with van der Waals surface area (Å²) in [6, 6.07) is 3.80. The number of guanidine groups is 1. The second kappa shape index (κ2) is 12.1. The minimum absolute atomic E-state index is 0. The molecule has 2 rings (SSSR count). The first-order valence-corrected chi connectivity index (χ1v) is 9.86. The van der Waals surface area contributed by atoms with Gasteiger partial charge in [0.1, 0.15) is 0 Å². The fraction of sp³-hybridized carbons (Fsp3) is 0.619. The maximum atomic E-state index is 12.7. The molecule has 170 valence electrons. The normalized spacial score (nSPS) is 15.1. The molecular weight excluding hydrogens is 499 g/mol. The van der Waals surface area contributed by atoms with E-state index in [1.54, 1.807) is 33.3 Å². The molecular formula is C21H35IN4O4. The molecule has 1 aromatic carbocycles. The van der Waals surface area contributed by atoms with Crippen LogP contribution in [-0.2, 0) is 11.3 Å². The van der Waals surface area contributed by atoms with Gasteiger partial charge in [-0.25, -0.2) is 0 Å². The zero-order chi connectivity index (χ0) is 21.4. The number of nitrogens with one attached hydrogen (secondary N) is 2. The van der Waals surface area contributed by atoms with Gasteiger partial charge >= 0.3 is 0 Å². The number of hydrogen-bond acceptors (Lipinski definition) is 5. The Morgan fingerprint density at radius 2 is 1.63 bits per heavy atom. The van der Waals surface area contributed by atoms with E-state index >= 15 is 0 Å². The van der Waals surface area contributed by atoms with Crippen LogP contribution in [0.15, 0.2) is 17.1 Å². The molecule has 1 aromatic rings. The molecule has 1 fully saturated rings. The van der Waals surface area contributed by atoms with Gasteiger partial charge in [-0.05, 0) is 30.5 Å². The van der Waals surface area contributed by atoms with Crippen molar-refractivity contribution in [3.8, 4) is 17.2 Å². The number of hydrogen-bond donors (Lipinski definition) is 2. The lowest BCUT2D eigenvalue weighted by molar-refractivity contribution is -0.138. The summed E-state index contributed by atoms with van der Waals surface area (Å²) in [6.07, 6.45) is 3.97. The van der Waals surface area contributed by atoms with E-state index in [1.165, 1.54) is 0 Å². The molecule has 0 atom stereocenters. The Balaban J connectivity index is 0.00000450. The van der Waals surface area contributed by atoms with Crippen molar-refractivity contribution < 1.29 is 19.0 Å². The predicted octanol–water partition coefficient (Wildman–Crippen LogP) is 2.64. The first-order chi connectivity index (χ1) is 13.9. The van der Waals surface area contributed by atoms with E-state index in [1.807, 2.05) is 26.2 Å². The number of carbonyl (C=O) groups excluding carboxylic acids is 1. The third kappa shape index (κ3) is 6.05. The first kappa shape index (κ1) is 26.1. The maximum Gasteiger partial charge on any atom is 0.230 e. The molecule has 0 heterocycles. The average Bonchev–Trinajstić information content (AvgIpc) is 3.22. The lowest BCUT2D eigenvalue weighted by Gasteiger charge is -2.31. The van der Waals surface area contributed by atoms with Crippen molar-refractivity contribution in [1.29, 1.82) is 0 Å². The average molecular weight is 534 g/mol. The Morgan fingerprint density at radius 3 is 2.07 bits per heavy atom. The van der Waals surface area contributed by atoms with Crippen molar-refractivity contribution in [2.24, 2.45) is 10.4 Å². The molecule has 2 N–H and O–H groups in total. The summed E-state index contributed by atoms with van der Waals surface area (Å²) in [5.74, 6) is 2.60. The van der Waals surface area contributed by atoms with Gasteiger partial charge in [0.25, 0.3) is 0 Å². The highest BCUT2D eigenvalue weighted by Crippen LogP contribution is 2.39. The molecule has 1 aliphatic rings. The Kier molecular flexibility index (Phi) is 10.5. The number of nitrogens with zero attached hydrogens (tertiary/aromatic N) is 2. The van der Waals surface area contributed by atoms with E-state index in [4.69, 9.17) is 14.2 Å². The van der Waals surface area contributed by atoms with Crippen molar-refractivity contribution in [1.82, 2.24) is 15.5 Å². The van der Waals surface area contributed by atoms with E-state index in [2.05, 4.69) is 15.6 Å². The maximum absolute atomic E-state index is 12.7. The summed E-state index contributed by atoms with van der Waals surface area (Å²) in [5.41, 5.74) is 0.607. The standard InChI is InChI=1S/C21H34N4O4.HI/c1-22-20(24-14-21(9-7-8-10-21)19(26)25(2)3)23-13-15-11-16(27-4)18(29-6)17(12-15)28-5;/h11-12H,7-10,13-14H2,1-6H3,(H2,22,23,24);1H. The highest BCUT2D eigenvalue weighted by atomic mass is 127. The van der Waals surface area contributed by atoms with Gasteiger partial charge in [0, 0.05) is 34.2 Å². The lowest BCUT2D eigenvalue weighted by atomic mass is 9.84. The SMILES string of the molecule is CN=C(NCc1cc(OC)c(OC)c(OC)c1)NCC1(C(=O)N(C)C)CCCC1.I. The van der Waals surface area contributed by atoms with Crippen LogP contribution in [0.1, 0.15) is 31.2 Å². The molecule has 0 bridgehead atoms. The smallest absolute Gasteiger partial charge is 0.230 e. The van der Waals surface area contributed by atoms with Gasteiger partial charge in [-0.15, -0.1) is 24.0 Å². The fourth-order valence-electron chi connectivity index (χ4n) is 3.89. The number of halogens is 1. The van der Waals surface area contributed by atoms with Crippen molar-refractivity contribution >= 4 is 35.8 Å². The second-order valence-corrected chi connectivity index (χ2v) is 7.50. The second-order valence-electron chi connectivity index (χ2n) is 7.50. The minimum Gasteiger partial charge on any atom is -0.493 e. The van der Waals surface area contributed by atoms with Crippen LogP contribution in [0.4, 0.5) is 0 Å². The van der Waals surface area contributed by atoms with Crippen LogP contribution in [0.2, 0.25) is 0 Å². The highest BCUT2D eigenvalue weighted by Gasteiger charge is 2.42. The number of rotatable bonds is 8. The van der Waals surface area contributed by atoms with E-state index in [0.29, 0.717) is 36.3 Å². The molecule has 0 spiro atoms. The van der Waals surface area contributed by atoms with E-state index in [0.717, 1.165) is 31.2 Å². The number of methoxy groups -OCH3 is 3. The van der Waals surface area contributed by atoms with Crippen LogP contribution in [0, 0.1) is 5.41 Å². The molecule has 9 heteroatoms. The first-order valence-electron chi connectivity index (χ1n) is 9.86. The monoisotopic (exact) mass is 534 g/mol. The molecule has 1 amide bonds. The van der Waals surface area contributed by atoms with Crippen LogP contribution in [0.25, 0.3) is 0 Å². The van der Waals surface area contributed by atoms with Crippen molar-refractivity contribution in [2.75, 3.05) is 49.0 Å². The van der Waals surface area contributed by atoms with Crippen LogP contribution in [0.5, 0.6) is 17.2 Å². The molecule has 0 unspecified atom stereocenters. The molecule has 0 saturated heterocycles. The van der Waals surface area contributed by atoms with Crippen molar-refractivity contribution in [3.63, 3.8) is 0 Å². The van der Waals surface area contributed by atoms with Crippen LogP contribution >= 0.6 is 24.0 Å². The lowest BCUT2D eigenvalue weighted by Crippen LogP contribution is -2.49. The highest BCUT2D eigenvalue weighted by molar-refractivity contribution is 14.0. The van der Waals surface area contributed by atoms with Crippen molar-refractivity contribution in [2.45, 2.75) is 32.2 Å². The van der Waals surface area contributed by atoms with E-state index in [9.17, 15) is 4.79 Å². The molecule has 8 nitrogen and oxygen atoms in total. The zero-order valence-corrected chi connectivity index (χ0v) is 21.2. The third-order valence-corrected chi connectivity index (χ3v) is 5.42. The summed E-state index contributed by atoms with van der Waals surface area (Å²) in [7, 11) is 10.1. The summed E-state index contributed by atoms with van der Waals surface area (Å²) < 4.78 is 16.2. The number of amides is 1. The van der Waals surface area contributed by atoms with E-state index in [-0.39, 0.29) is 35.3 Å². The number of aliphatic imine (C=N–C) groups is 1. The Morgan fingerprint density at radius 1 is 1.07 bits per heavy atom. The third-order valence-electron chi connectivity index (χ3n) is 5.42. The quantitative estimate of drug-likeness (QED) is 0.303. The molecule has 0 aliphatic heterocycles. The van der Waals surface area contributed by atoms with Gasteiger partial charge in [0.2, 0.25) is 11.7 Å². The molecule has 1 saturated carbocycles. The Bertz CT molecular complexity index is 709. The van der Waals surface area contributed by atoms with Crippen LogP contribution in [-0.4, -0.2) is 65.8 Å². The van der Waals surface area contributed by atoms with Crippen LogP contribution in [0.3, 0.4) is 0 Å². The number of ether oxygens (including phenoxy) is 3. The topological polar surface area (TPSA) is 84.4 Å². The molecule has 1 aliphatic carbocycles. The zero-order valence-electron chi connectivity index (χ0n) is 18.8. The van der Waals surface area contributed by atoms with Gasteiger partial charge in [0.15, 0.2) is 17.5 Å².